The zero-order valence-corrected chi connectivity index (χ0v) is 18.8. The van der Waals surface area contributed by atoms with E-state index in [4.69, 9.17) is 9.47 Å². The molecule has 0 amide bonds. The van der Waals surface area contributed by atoms with Crippen LogP contribution in [0.25, 0.3) is 0 Å². The number of ether oxygens (including phenoxy) is 2. The highest BCUT2D eigenvalue weighted by Gasteiger charge is 2.64. The van der Waals surface area contributed by atoms with Crippen molar-refractivity contribution in [2.45, 2.75) is 56.5 Å². The number of carbonyl (C=O) groups is 1. The van der Waals surface area contributed by atoms with E-state index in [0.29, 0.717) is 0 Å². The smallest absolute Gasteiger partial charge is 0.428 e. The molecular weight excluding hydrogens is 403 g/mol. The van der Waals surface area contributed by atoms with E-state index in [1.807, 2.05) is 6.07 Å². The molecule has 0 fully saturated rings. The van der Waals surface area contributed by atoms with Crippen molar-refractivity contribution in [2.75, 3.05) is 0 Å². The average molecular weight is 431 g/mol. The fourth-order valence-electron chi connectivity index (χ4n) is 6.15. The first-order chi connectivity index (χ1) is 15.2. The molecule has 0 bridgehead atoms. The normalized spacial score (nSPS) is 24.1. The second kappa shape index (κ2) is 6.93. The molecule has 3 nitrogen and oxygen atoms in total. The fraction of sp³-hybridized carbons (Fsp3) is 0.321. The number of rotatable bonds is 2. The van der Waals surface area contributed by atoms with Crippen LogP contribution in [0.2, 0.25) is 0 Å². The van der Waals surface area contributed by atoms with Gasteiger partial charge in [-0.3, -0.25) is 0 Å². The number of fused-ring (bicyclic) bond motifs is 4. The molecule has 5 rings (SSSR count). The van der Waals surface area contributed by atoms with Crippen LogP contribution in [0.4, 0.5) is 9.18 Å². The highest BCUT2D eigenvalue weighted by molar-refractivity contribution is 5.67. The molecular formula is C28H27FO3. The van der Waals surface area contributed by atoms with Crippen LogP contribution in [-0.4, -0.2) is 12.3 Å². The Bertz CT molecular complexity index is 1200. The molecule has 3 aromatic carbocycles. The maximum atomic E-state index is 13.6. The van der Waals surface area contributed by atoms with E-state index in [1.165, 1.54) is 40.5 Å². The third-order valence-corrected chi connectivity index (χ3v) is 7.27. The Kier molecular flexibility index (Phi) is 4.49. The Hall–Kier alpha value is -3.14. The molecule has 0 N–H and O–H groups in total. The molecule has 2 unspecified atom stereocenters. The van der Waals surface area contributed by atoms with Gasteiger partial charge in [0, 0.05) is 11.5 Å². The molecule has 3 aromatic rings. The number of hydrogen-bond acceptors (Lipinski definition) is 3. The van der Waals surface area contributed by atoms with Crippen LogP contribution in [0.3, 0.4) is 0 Å². The van der Waals surface area contributed by atoms with Crippen LogP contribution in [0.15, 0.2) is 72.8 Å². The van der Waals surface area contributed by atoms with Gasteiger partial charge in [0.1, 0.15) is 17.7 Å². The summed E-state index contributed by atoms with van der Waals surface area (Å²) < 4.78 is 25.1. The maximum absolute atomic E-state index is 13.6. The minimum Gasteiger partial charge on any atom is -0.428 e. The van der Waals surface area contributed by atoms with Crippen LogP contribution >= 0.6 is 0 Å². The van der Waals surface area contributed by atoms with Crippen LogP contribution in [0, 0.1) is 5.82 Å². The van der Waals surface area contributed by atoms with Crippen molar-refractivity contribution in [1.82, 2.24) is 0 Å². The lowest BCUT2D eigenvalue weighted by Gasteiger charge is -2.38. The largest absolute Gasteiger partial charge is 0.514 e. The Balaban J connectivity index is 1.62. The summed E-state index contributed by atoms with van der Waals surface area (Å²) in [5.41, 5.74) is 3.85. The monoisotopic (exact) mass is 430 g/mol. The molecule has 0 heterocycles. The minimum atomic E-state index is -0.817. The fourth-order valence-corrected chi connectivity index (χ4v) is 6.15. The SMILES string of the molecule is CC1(C)CC2(c3ccccc31)c1ccccc1C(C)(C)C2OC(=O)Oc1cccc(F)c1. The van der Waals surface area contributed by atoms with Gasteiger partial charge in [-0.1, -0.05) is 82.3 Å². The lowest BCUT2D eigenvalue weighted by Crippen LogP contribution is -2.47. The molecule has 2 atom stereocenters. The molecule has 2 aliphatic rings. The van der Waals surface area contributed by atoms with E-state index in [-0.39, 0.29) is 11.2 Å². The lowest BCUT2D eigenvalue weighted by atomic mass is 9.70. The summed E-state index contributed by atoms with van der Waals surface area (Å²) in [4.78, 5) is 13.0. The van der Waals surface area contributed by atoms with Crippen LogP contribution < -0.4 is 4.74 Å². The predicted molar refractivity (Wildman–Crippen MR) is 122 cm³/mol. The lowest BCUT2D eigenvalue weighted by molar-refractivity contribution is -0.000490. The van der Waals surface area contributed by atoms with Crippen molar-refractivity contribution in [1.29, 1.82) is 0 Å². The molecule has 0 saturated heterocycles. The van der Waals surface area contributed by atoms with E-state index < -0.39 is 28.9 Å². The molecule has 0 radical (unpaired) electrons. The molecule has 164 valence electrons. The first-order valence-electron chi connectivity index (χ1n) is 11.0. The van der Waals surface area contributed by atoms with Gasteiger partial charge in [-0.05, 0) is 46.2 Å². The van der Waals surface area contributed by atoms with Crippen LogP contribution in [0.1, 0.15) is 56.4 Å². The van der Waals surface area contributed by atoms with Crippen molar-refractivity contribution in [3.63, 3.8) is 0 Å². The molecule has 2 aliphatic carbocycles. The van der Waals surface area contributed by atoms with Crippen LogP contribution in [0.5, 0.6) is 5.75 Å². The third-order valence-electron chi connectivity index (χ3n) is 7.27. The van der Waals surface area contributed by atoms with Gasteiger partial charge in [0.25, 0.3) is 0 Å². The third kappa shape index (κ3) is 2.89. The Labute approximate surface area is 188 Å². The molecule has 0 aliphatic heterocycles. The zero-order valence-electron chi connectivity index (χ0n) is 18.8. The Morgan fingerprint density at radius 1 is 0.844 bits per heavy atom. The average Bonchev–Trinajstić information content (AvgIpc) is 3.09. The van der Waals surface area contributed by atoms with Crippen LogP contribution in [-0.2, 0) is 21.0 Å². The molecule has 32 heavy (non-hydrogen) atoms. The number of benzene rings is 3. The topological polar surface area (TPSA) is 35.5 Å². The van der Waals surface area contributed by atoms with Gasteiger partial charge in [-0.25, -0.2) is 9.18 Å². The predicted octanol–water partition coefficient (Wildman–Crippen LogP) is 6.67. The molecule has 4 heteroatoms. The van der Waals surface area contributed by atoms with Crippen molar-refractivity contribution >= 4 is 6.16 Å². The van der Waals surface area contributed by atoms with Gasteiger partial charge in [0.05, 0.1) is 5.41 Å². The summed E-state index contributed by atoms with van der Waals surface area (Å²) in [6, 6.07) is 22.4. The number of halogens is 1. The summed E-state index contributed by atoms with van der Waals surface area (Å²) in [6.45, 7) is 8.73. The van der Waals surface area contributed by atoms with E-state index in [9.17, 15) is 9.18 Å². The second-order valence-electron chi connectivity index (χ2n) is 10.2. The molecule has 0 aromatic heterocycles. The van der Waals surface area contributed by atoms with Gasteiger partial charge >= 0.3 is 6.16 Å². The first-order valence-corrected chi connectivity index (χ1v) is 11.0. The summed E-state index contributed by atoms with van der Waals surface area (Å²) in [6.07, 6.45) is -0.475. The summed E-state index contributed by atoms with van der Waals surface area (Å²) in [7, 11) is 0. The van der Waals surface area contributed by atoms with Gasteiger partial charge < -0.3 is 9.47 Å². The quantitative estimate of drug-likeness (QED) is 0.336. The zero-order chi connectivity index (χ0) is 22.7. The number of carbonyl (C=O) groups excluding carboxylic acids is 1. The van der Waals surface area contributed by atoms with Crippen molar-refractivity contribution in [3.8, 4) is 5.75 Å². The van der Waals surface area contributed by atoms with Crippen molar-refractivity contribution in [3.05, 3.63) is 101 Å². The summed E-state index contributed by atoms with van der Waals surface area (Å²) >= 11 is 0. The second-order valence-corrected chi connectivity index (χ2v) is 10.2. The summed E-state index contributed by atoms with van der Waals surface area (Å²) in [5.74, 6) is -0.337. The minimum absolute atomic E-state index is 0.0851. The first kappa shape index (κ1) is 20.7. The van der Waals surface area contributed by atoms with E-state index in [1.54, 1.807) is 6.07 Å². The maximum Gasteiger partial charge on any atom is 0.514 e. The standard InChI is InChI=1S/C28H27FO3/c1-26(2)17-28(22-14-7-5-12-20(22)26)23-15-8-6-13-21(23)27(3,4)24(28)32-25(30)31-19-11-9-10-18(29)16-19/h5-16,24H,17H2,1-4H3. The van der Waals surface area contributed by atoms with Crippen molar-refractivity contribution < 1.29 is 18.7 Å². The Morgan fingerprint density at radius 2 is 1.44 bits per heavy atom. The summed E-state index contributed by atoms with van der Waals surface area (Å²) in [5, 5.41) is 0. The van der Waals surface area contributed by atoms with E-state index in [2.05, 4.69) is 70.2 Å². The highest BCUT2D eigenvalue weighted by Crippen LogP contribution is 2.63. The Morgan fingerprint density at radius 3 is 2.09 bits per heavy atom. The van der Waals surface area contributed by atoms with E-state index in [0.717, 1.165) is 6.42 Å². The number of hydrogen-bond donors (Lipinski definition) is 0. The highest BCUT2D eigenvalue weighted by atomic mass is 19.1. The van der Waals surface area contributed by atoms with Gasteiger partial charge in [-0.15, -0.1) is 0 Å². The molecule has 1 spiro atoms. The van der Waals surface area contributed by atoms with E-state index >= 15 is 0 Å². The van der Waals surface area contributed by atoms with Gasteiger partial charge in [0.15, 0.2) is 0 Å². The van der Waals surface area contributed by atoms with Gasteiger partial charge in [-0.2, -0.15) is 0 Å². The molecule has 0 saturated carbocycles. The van der Waals surface area contributed by atoms with Crippen molar-refractivity contribution in [2.24, 2.45) is 0 Å². The van der Waals surface area contributed by atoms with Gasteiger partial charge in [0.2, 0.25) is 0 Å².